The summed E-state index contributed by atoms with van der Waals surface area (Å²) in [7, 11) is -1.24. The average Bonchev–Trinajstić information content (AvgIpc) is 3.24. The van der Waals surface area contributed by atoms with E-state index < -0.39 is 10.8 Å². The highest BCUT2D eigenvalue weighted by Gasteiger charge is 2.21. The Bertz CT molecular complexity index is 942. The SMILES string of the molecule is O=c1[nH]c(CS(=O)c2ccccc2)nc2c1cnn2C1CCCC1. The van der Waals surface area contributed by atoms with Crippen LogP contribution < -0.4 is 5.56 Å². The minimum Gasteiger partial charge on any atom is -0.309 e. The number of aromatic nitrogens is 4. The van der Waals surface area contributed by atoms with Crippen molar-refractivity contribution in [2.45, 2.75) is 42.4 Å². The fourth-order valence-electron chi connectivity index (χ4n) is 3.25. The molecule has 1 aliphatic rings. The van der Waals surface area contributed by atoms with E-state index in [1.165, 1.54) is 12.8 Å². The Kier molecular flexibility index (Phi) is 4.02. The van der Waals surface area contributed by atoms with E-state index in [2.05, 4.69) is 15.1 Å². The predicted octanol–water partition coefficient (Wildman–Crippen LogP) is 2.54. The maximum Gasteiger partial charge on any atom is 0.262 e. The Balaban J connectivity index is 1.70. The van der Waals surface area contributed by atoms with Crippen molar-refractivity contribution < 1.29 is 4.21 Å². The van der Waals surface area contributed by atoms with Gasteiger partial charge in [-0.15, -0.1) is 0 Å². The van der Waals surface area contributed by atoms with Crippen LogP contribution in [0.3, 0.4) is 0 Å². The predicted molar refractivity (Wildman–Crippen MR) is 92.2 cm³/mol. The number of nitrogens with one attached hydrogen (secondary N) is 1. The van der Waals surface area contributed by atoms with Gasteiger partial charge < -0.3 is 4.98 Å². The zero-order valence-corrected chi connectivity index (χ0v) is 14.0. The molecule has 0 saturated heterocycles. The van der Waals surface area contributed by atoms with Crippen molar-refractivity contribution in [2.24, 2.45) is 0 Å². The van der Waals surface area contributed by atoms with Crippen molar-refractivity contribution in [1.29, 1.82) is 0 Å². The van der Waals surface area contributed by atoms with Gasteiger partial charge in [-0.05, 0) is 25.0 Å². The van der Waals surface area contributed by atoms with E-state index in [0.29, 0.717) is 22.9 Å². The van der Waals surface area contributed by atoms with Gasteiger partial charge in [-0.25, -0.2) is 9.67 Å². The summed E-state index contributed by atoms with van der Waals surface area (Å²) in [6.07, 6.45) is 6.07. The van der Waals surface area contributed by atoms with Crippen LogP contribution in [0.2, 0.25) is 0 Å². The largest absolute Gasteiger partial charge is 0.309 e. The Morgan fingerprint density at radius 1 is 1.21 bits per heavy atom. The molecule has 1 unspecified atom stereocenters. The molecule has 24 heavy (non-hydrogen) atoms. The number of fused-ring (bicyclic) bond motifs is 1. The molecule has 1 aromatic carbocycles. The van der Waals surface area contributed by atoms with E-state index in [1.807, 2.05) is 35.0 Å². The summed E-state index contributed by atoms with van der Waals surface area (Å²) in [5.74, 6) is 0.625. The van der Waals surface area contributed by atoms with Gasteiger partial charge in [0.1, 0.15) is 11.2 Å². The van der Waals surface area contributed by atoms with Crippen molar-refractivity contribution in [3.8, 4) is 0 Å². The van der Waals surface area contributed by atoms with Crippen LogP contribution >= 0.6 is 0 Å². The molecule has 124 valence electrons. The smallest absolute Gasteiger partial charge is 0.262 e. The molecule has 0 aliphatic heterocycles. The second-order valence-corrected chi connectivity index (χ2v) is 7.53. The monoisotopic (exact) mass is 342 g/mol. The summed E-state index contributed by atoms with van der Waals surface area (Å²) >= 11 is 0. The molecule has 2 aromatic heterocycles. The van der Waals surface area contributed by atoms with Gasteiger partial charge in [0.2, 0.25) is 0 Å². The number of rotatable bonds is 4. The highest BCUT2D eigenvalue weighted by molar-refractivity contribution is 7.84. The molecule has 7 heteroatoms. The maximum absolute atomic E-state index is 12.5. The quantitative estimate of drug-likeness (QED) is 0.790. The molecular weight excluding hydrogens is 324 g/mol. The van der Waals surface area contributed by atoms with E-state index in [0.717, 1.165) is 17.7 Å². The Hall–Kier alpha value is -2.28. The lowest BCUT2D eigenvalue weighted by Gasteiger charge is -2.10. The van der Waals surface area contributed by atoms with Gasteiger partial charge >= 0.3 is 0 Å². The number of H-pyrrole nitrogens is 1. The minimum atomic E-state index is -1.24. The first-order valence-electron chi connectivity index (χ1n) is 8.12. The molecule has 1 fully saturated rings. The number of hydrogen-bond acceptors (Lipinski definition) is 4. The van der Waals surface area contributed by atoms with Gasteiger partial charge in [0.05, 0.1) is 28.8 Å². The first-order valence-corrected chi connectivity index (χ1v) is 9.44. The summed E-state index contributed by atoms with van der Waals surface area (Å²) in [4.78, 5) is 20.3. The van der Waals surface area contributed by atoms with Crippen molar-refractivity contribution in [1.82, 2.24) is 19.7 Å². The summed E-state index contributed by atoms with van der Waals surface area (Å²) < 4.78 is 14.3. The van der Waals surface area contributed by atoms with Crippen LogP contribution in [-0.4, -0.2) is 24.0 Å². The highest BCUT2D eigenvalue weighted by Crippen LogP contribution is 2.30. The maximum atomic E-state index is 12.5. The van der Waals surface area contributed by atoms with Crippen LogP contribution in [0.15, 0.2) is 46.2 Å². The van der Waals surface area contributed by atoms with Crippen molar-refractivity contribution in [3.63, 3.8) is 0 Å². The number of benzene rings is 1. The molecule has 1 N–H and O–H groups in total. The molecule has 1 atom stereocenters. The molecule has 0 radical (unpaired) electrons. The Morgan fingerprint density at radius 3 is 2.71 bits per heavy atom. The van der Waals surface area contributed by atoms with E-state index in [1.54, 1.807) is 6.20 Å². The van der Waals surface area contributed by atoms with E-state index in [-0.39, 0.29) is 11.3 Å². The fraction of sp³-hybridized carbons (Fsp3) is 0.353. The second kappa shape index (κ2) is 6.32. The molecule has 4 rings (SSSR count). The summed E-state index contributed by atoms with van der Waals surface area (Å²) in [6, 6.07) is 9.52. The van der Waals surface area contributed by atoms with Crippen LogP contribution in [0.1, 0.15) is 37.5 Å². The van der Waals surface area contributed by atoms with Crippen LogP contribution in [-0.2, 0) is 16.6 Å². The fourth-order valence-corrected chi connectivity index (χ4v) is 4.26. The minimum absolute atomic E-state index is 0.186. The highest BCUT2D eigenvalue weighted by atomic mass is 32.2. The third-order valence-electron chi connectivity index (χ3n) is 4.46. The first-order chi connectivity index (χ1) is 11.7. The van der Waals surface area contributed by atoms with Gasteiger partial charge in [-0.3, -0.25) is 9.00 Å². The lowest BCUT2D eigenvalue weighted by molar-refractivity contribution is 0.478. The second-order valence-electron chi connectivity index (χ2n) is 6.08. The van der Waals surface area contributed by atoms with Crippen molar-refractivity contribution in [2.75, 3.05) is 0 Å². The van der Waals surface area contributed by atoms with Crippen molar-refractivity contribution in [3.05, 3.63) is 52.7 Å². The van der Waals surface area contributed by atoms with Gasteiger partial charge in [-0.1, -0.05) is 31.0 Å². The number of aromatic amines is 1. The normalized spacial score (nSPS) is 16.7. The first kappa shape index (κ1) is 15.3. The zero-order valence-electron chi connectivity index (χ0n) is 13.1. The average molecular weight is 342 g/mol. The van der Waals surface area contributed by atoms with Gasteiger partial charge in [0.15, 0.2) is 5.65 Å². The molecule has 1 saturated carbocycles. The van der Waals surface area contributed by atoms with Gasteiger partial charge in [-0.2, -0.15) is 5.10 Å². The zero-order chi connectivity index (χ0) is 16.5. The van der Waals surface area contributed by atoms with E-state index in [9.17, 15) is 9.00 Å². The molecule has 0 spiro atoms. The summed E-state index contributed by atoms with van der Waals surface area (Å²) in [6.45, 7) is 0. The third-order valence-corrected chi connectivity index (χ3v) is 5.79. The molecule has 3 aromatic rings. The van der Waals surface area contributed by atoms with Crippen molar-refractivity contribution >= 4 is 21.8 Å². The lowest BCUT2D eigenvalue weighted by Crippen LogP contribution is -2.15. The molecule has 0 bridgehead atoms. The molecule has 1 aliphatic carbocycles. The van der Waals surface area contributed by atoms with Gasteiger partial charge in [0.25, 0.3) is 5.56 Å². The molecule has 2 heterocycles. The topological polar surface area (TPSA) is 80.6 Å². The summed E-state index contributed by atoms with van der Waals surface area (Å²) in [5.41, 5.74) is 0.384. The Labute approximate surface area is 141 Å². The van der Waals surface area contributed by atoms with Crippen LogP contribution in [0.25, 0.3) is 11.0 Å². The van der Waals surface area contributed by atoms with E-state index >= 15 is 0 Å². The number of hydrogen-bond donors (Lipinski definition) is 1. The van der Waals surface area contributed by atoms with Crippen LogP contribution in [0.4, 0.5) is 0 Å². The Morgan fingerprint density at radius 2 is 1.96 bits per heavy atom. The summed E-state index contributed by atoms with van der Waals surface area (Å²) in [5, 5.41) is 4.87. The van der Waals surface area contributed by atoms with Gasteiger partial charge in [0, 0.05) is 4.90 Å². The third kappa shape index (κ3) is 2.80. The molecule has 0 amide bonds. The molecule has 6 nitrogen and oxygen atoms in total. The molecular formula is C17H18N4O2S. The lowest BCUT2D eigenvalue weighted by atomic mass is 10.2. The van der Waals surface area contributed by atoms with Crippen LogP contribution in [0, 0.1) is 0 Å². The van der Waals surface area contributed by atoms with E-state index in [4.69, 9.17) is 0 Å². The van der Waals surface area contributed by atoms with Crippen LogP contribution in [0.5, 0.6) is 0 Å². The standard InChI is InChI=1S/C17H18N4O2S/c22-17-14-10-18-21(12-6-4-5-7-12)16(14)19-15(20-17)11-24(23)13-8-2-1-3-9-13/h1-3,8-10,12H,4-7,11H2,(H,19,20,22). The number of nitrogens with zero attached hydrogens (tertiary/aromatic N) is 3.